The van der Waals surface area contributed by atoms with Crippen molar-refractivity contribution in [1.82, 2.24) is 4.90 Å². The number of methoxy groups -OCH3 is 1. The lowest BCUT2D eigenvalue weighted by Gasteiger charge is -2.32. The predicted molar refractivity (Wildman–Crippen MR) is 80.3 cm³/mol. The van der Waals surface area contributed by atoms with E-state index in [1.54, 1.807) is 7.11 Å². The number of carboxylic acid groups (broad SMARTS) is 1. The topological polar surface area (TPSA) is 49.8 Å². The van der Waals surface area contributed by atoms with Gasteiger partial charge in [0.05, 0.1) is 13.5 Å². The molecule has 1 unspecified atom stereocenters. The van der Waals surface area contributed by atoms with Crippen LogP contribution in [-0.4, -0.2) is 41.7 Å². The van der Waals surface area contributed by atoms with Crippen LogP contribution in [0.4, 0.5) is 0 Å². The molecule has 20 heavy (non-hydrogen) atoms. The summed E-state index contributed by atoms with van der Waals surface area (Å²) >= 11 is 0. The second-order valence-corrected chi connectivity index (χ2v) is 5.38. The molecule has 0 aromatic heterocycles. The molecular formula is C16H25NO3. The number of ether oxygens (including phenoxy) is 1. The third-order valence-electron chi connectivity index (χ3n) is 3.50. The molecule has 1 aromatic rings. The van der Waals surface area contributed by atoms with Crippen LogP contribution in [0.3, 0.4) is 0 Å². The van der Waals surface area contributed by atoms with Crippen molar-refractivity contribution in [1.29, 1.82) is 0 Å². The van der Waals surface area contributed by atoms with Gasteiger partial charge < -0.3 is 9.84 Å². The zero-order valence-corrected chi connectivity index (χ0v) is 12.8. The molecule has 0 saturated heterocycles. The maximum Gasteiger partial charge on any atom is 0.304 e. The van der Waals surface area contributed by atoms with Crippen LogP contribution in [0, 0.1) is 0 Å². The summed E-state index contributed by atoms with van der Waals surface area (Å²) in [7, 11) is 1.66. The molecule has 1 atom stereocenters. The lowest BCUT2D eigenvalue weighted by atomic mass is 10.0. The molecule has 0 fully saturated rings. The molecule has 0 heterocycles. The highest BCUT2D eigenvalue weighted by Gasteiger charge is 2.18. The average molecular weight is 279 g/mol. The summed E-state index contributed by atoms with van der Waals surface area (Å²) in [5.74, 6) is 0.111. The molecule has 112 valence electrons. The van der Waals surface area contributed by atoms with E-state index in [4.69, 9.17) is 9.84 Å². The Bertz CT molecular complexity index is 414. The average Bonchev–Trinajstić information content (AvgIpc) is 2.39. The molecule has 1 rings (SSSR count). The molecule has 0 saturated carbocycles. The van der Waals surface area contributed by atoms with E-state index >= 15 is 0 Å². The van der Waals surface area contributed by atoms with Gasteiger partial charge in [-0.15, -0.1) is 0 Å². The molecular weight excluding hydrogens is 254 g/mol. The van der Waals surface area contributed by atoms with Crippen LogP contribution in [-0.2, 0) is 11.2 Å². The Labute approximate surface area is 121 Å². The Morgan fingerprint density at radius 1 is 1.25 bits per heavy atom. The first-order valence-electron chi connectivity index (χ1n) is 7.04. The zero-order valence-electron chi connectivity index (χ0n) is 12.8. The fourth-order valence-corrected chi connectivity index (χ4v) is 2.43. The number of hydrogen-bond acceptors (Lipinski definition) is 3. The smallest absolute Gasteiger partial charge is 0.304 e. The largest absolute Gasteiger partial charge is 0.497 e. The van der Waals surface area contributed by atoms with Crippen LogP contribution in [0.2, 0.25) is 0 Å². The Morgan fingerprint density at radius 2 is 1.85 bits per heavy atom. The summed E-state index contributed by atoms with van der Waals surface area (Å²) < 4.78 is 5.15. The summed E-state index contributed by atoms with van der Waals surface area (Å²) in [5, 5.41) is 8.83. The summed E-state index contributed by atoms with van der Waals surface area (Å²) in [4.78, 5) is 13.0. The highest BCUT2D eigenvalue weighted by Crippen LogP contribution is 2.16. The Balaban J connectivity index is 2.64. The van der Waals surface area contributed by atoms with Crippen LogP contribution in [0.25, 0.3) is 0 Å². The molecule has 0 aliphatic rings. The van der Waals surface area contributed by atoms with Gasteiger partial charge in [-0.05, 0) is 44.9 Å². The molecule has 4 heteroatoms. The van der Waals surface area contributed by atoms with Gasteiger partial charge in [-0.2, -0.15) is 0 Å². The van der Waals surface area contributed by atoms with Crippen LogP contribution < -0.4 is 4.74 Å². The van der Waals surface area contributed by atoms with Crippen LogP contribution >= 0.6 is 0 Å². The maximum absolute atomic E-state index is 10.7. The fourth-order valence-electron chi connectivity index (χ4n) is 2.43. The summed E-state index contributed by atoms with van der Waals surface area (Å²) in [6.45, 7) is 6.94. The quantitative estimate of drug-likeness (QED) is 0.795. The van der Waals surface area contributed by atoms with Crippen molar-refractivity contribution in [2.45, 2.75) is 45.7 Å². The van der Waals surface area contributed by atoms with Gasteiger partial charge in [0.2, 0.25) is 0 Å². The first kappa shape index (κ1) is 16.5. The number of carboxylic acids is 1. The highest BCUT2D eigenvalue weighted by molar-refractivity contribution is 5.66. The van der Waals surface area contributed by atoms with E-state index in [9.17, 15) is 4.79 Å². The SMILES string of the molecule is COc1ccc(CC(C)N(CCC(=O)O)C(C)C)cc1. The van der Waals surface area contributed by atoms with E-state index in [-0.39, 0.29) is 6.42 Å². The number of carbonyl (C=O) groups is 1. The van der Waals surface area contributed by atoms with E-state index in [1.165, 1.54) is 5.56 Å². The molecule has 0 aliphatic carbocycles. The number of benzene rings is 1. The number of rotatable bonds is 8. The first-order valence-corrected chi connectivity index (χ1v) is 7.04. The molecule has 0 bridgehead atoms. The molecule has 1 N–H and O–H groups in total. The molecule has 1 aromatic carbocycles. The lowest BCUT2D eigenvalue weighted by Crippen LogP contribution is -2.41. The third-order valence-corrected chi connectivity index (χ3v) is 3.50. The second-order valence-electron chi connectivity index (χ2n) is 5.38. The third kappa shape index (κ3) is 5.21. The van der Waals surface area contributed by atoms with Crippen molar-refractivity contribution in [2.75, 3.05) is 13.7 Å². The van der Waals surface area contributed by atoms with Gasteiger partial charge in [-0.3, -0.25) is 9.69 Å². The number of aliphatic carboxylic acids is 1. The predicted octanol–water partition coefficient (Wildman–Crippen LogP) is 2.81. The maximum atomic E-state index is 10.7. The molecule has 4 nitrogen and oxygen atoms in total. The second kappa shape index (κ2) is 7.90. The van der Waals surface area contributed by atoms with Gasteiger partial charge >= 0.3 is 5.97 Å². The van der Waals surface area contributed by atoms with Crippen molar-refractivity contribution in [2.24, 2.45) is 0 Å². The van der Waals surface area contributed by atoms with Gasteiger partial charge in [-0.1, -0.05) is 12.1 Å². The van der Waals surface area contributed by atoms with Crippen molar-refractivity contribution >= 4 is 5.97 Å². The van der Waals surface area contributed by atoms with E-state index < -0.39 is 5.97 Å². The van der Waals surface area contributed by atoms with Crippen molar-refractivity contribution in [3.05, 3.63) is 29.8 Å². The van der Waals surface area contributed by atoms with E-state index in [1.807, 2.05) is 12.1 Å². The van der Waals surface area contributed by atoms with Crippen LogP contribution in [0.1, 0.15) is 32.8 Å². The van der Waals surface area contributed by atoms with Crippen LogP contribution in [0.5, 0.6) is 5.75 Å². The van der Waals surface area contributed by atoms with Gasteiger partial charge in [0, 0.05) is 18.6 Å². The minimum Gasteiger partial charge on any atom is -0.497 e. The first-order chi connectivity index (χ1) is 9.43. The highest BCUT2D eigenvalue weighted by atomic mass is 16.5. The monoisotopic (exact) mass is 279 g/mol. The van der Waals surface area contributed by atoms with Gasteiger partial charge in [0.15, 0.2) is 0 Å². The lowest BCUT2D eigenvalue weighted by molar-refractivity contribution is -0.137. The van der Waals surface area contributed by atoms with Crippen molar-refractivity contribution in [3.63, 3.8) is 0 Å². The minimum absolute atomic E-state index is 0.186. The van der Waals surface area contributed by atoms with Crippen molar-refractivity contribution in [3.8, 4) is 5.75 Å². The Morgan fingerprint density at radius 3 is 2.30 bits per heavy atom. The number of nitrogens with zero attached hydrogens (tertiary/aromatic N) is 1. The molecule has 0 amide bonds. The van der Waals surface area contributed by atoms with Crippen molar-refractivity contribution < 1.29 is 14.6 Å². The summed E-state index contributed by atoms with van der Waals surface area (Å²) in [6.07, 6.45) is 1.09. The summed E-state index contributed by atoms with van der Waals surface area (Å²) in [5.41, 5.74) is 1.24. The normalized spacial score (nSPS) is 12.7. The molecule has 0 radical (unpaired) electrons. The van der Waals surface area contributed by atoms with E-state index in [0.29, 0.717) is 18.6 Å². The molecule has 0 spiro atoms. The standard InChI is InChI=1S/C16H25NO3/c1-12(2)17(10-9-16(18)19)13(3)11-14-5-7-15(20-4)8-6-14/h5-8,12-13H,9-11H2,1-4H3,(H,18,19). The number of hydrogen-bond donors (Lipinski definition) is 1. The minimum atomic E-state index is -0.743. The zero-order chi connectivity index (χ0) is 15.1. The summed E-state index contributed by atoms with van der Waals surface area (Å²) in [6, 6.07) is 8.68. The van der Waals surface area contributed by atoms with Gasteiger partial charge in [0.1, 0.15) is 5.75 Å². The Kier molecular flexibility index (Phi) is 6.52. The van der Waals surface area contributed by atoms with Crippen LogP contribution in [0.15, 0.2) is 24.3 Å². The molecule has 0 aliphatic heterocycles. The Hall–Kier alpha value is -1.55. The fraction of sp³-hybridized carbons (Fsp3) is 0.562. The van der Waals surface area contributed by atoms with Gasteiger partial charge in [-0.25, -0.2) is 0 Å². The van der Waals surface area contributed by atoms with Gasteiger partial charge in [0.25, 0.3) is 0 Å². The van der Waals surface area contributed by atoms with E-state index in [0.717, 1.165) is 12.2 Å². The van der Waals surface area contributed by atoms with E-state index in [2.05, 4.69) is 37.8 Å².